The number of benzene rings is 2. The number of anilines is 2. The topological polar surface area (TPSA) is 40.6 Å². The standard InChI is InChI=1S/C20H18N2O2S/c1-21(15-9-5-3-6-10-15)19(23)17-13-14-18(25-17)20(24)22(2)16-11-7-4-8-12-16/h3-14H,1-2H3. The lowest BCUT2D eigenvalue weighted by molar-refractivity contribution is 0.0990. The number of amides is 2. The zero-order chi connectivity index (χ0) is 17.8. The van der Waals surface area contributed by atoms with Crippen molar-refractivity contribution in [1.82, 2.24) is 0 Å². The number of hydrogen-bond acceptors (Lipinski definition) is 3. The average molecular weight is 350 g/mol. The van der Waals surface area contributed by atoms with E-state index in [1.165, 1.54) is 11.3 Å². The zero-order valence-corrected chi connectivity index (χ0v) is 14.9. The number of rotatable bonds is 4. The van der Waals surface area contributed by atoms with Crippen LogP contribution in [0.25, 0.3) is 0 Å². The van der Waals surface area contributed by atoms with Crippen molar-refractivity contribution in [3.8, 4) is 0 Å². The highest BCUT2D eigenvalue weighted by molar-refractivity contribution is 7.16. The number of carbonyl (C=O) groups is 2. The van der Waals surface area contributed by atoms with Crippen LogP contribution >= 0.6 is 11.3 Å². The average Bonchev–Trinajstić information content (AvgIpc) is 3.17. The Kier molecular flexibility index (Phi) is 4.95. The lowest BCUT2D eigenvalue weighted by Gasteiger charge is -2.17. The molecule has 1 heterocycles. The quantitative estimate of drug-likeness (QED) is 0.704. The van der Waals surface area contributed by atoms with Crippen LogP contribution in [0.4, 0.5) is 11.4 Å². The van der Waals surface area contributed by atoms with Crippen molar-refractivity contribution in [2.75, 3.05) is 23.9 Å². The molecule has 4 nitrogen and oxygen atoms in total. The van der Waals surface area contributed by atoms with E-state index in [9.17, 15) is 9.59 Å². The third-order valence-corrected chi connectivity index (χ3v) is 4.99. The lowest BCUT2D eigenvalue weighted by Crippen LogP contribution is -2.26. The molecule has 25 heavy (non-hydrogen) atoms. The van der Waals surface area contributed by atoms with Crippen molar-refractivity contribution >= 4 is 34.5 Å². The summed E-state index contributed by atoms with van der Waals surface area (Å²) in [5.74, 6) is -0.254. The molecule has 0 atom stereocenters. The predicted molar refractivity (Wildman–Crippen MR) is 103 cm³/mol. The molecule has 5 heteroatoms. The first-order valence-corrected chi connectivity index (χ1v) is 8.65. The Morgan fingerprint density at radius 2 is 1.00 bits per heavy atom. The van der Waals surface area contributed by atoms with Crippen molar-refractivity contribution in [3.63, 3.8) is 0 Å². The molecule has 3 aromatic rings. The fourth-order valence-electron chi connectivity index (χ4n) is 2.44. The summed E-state index contributed by atoms with van der Waals surface area (Å²) in [5, 5.41) is 0. The Hall–Kier alpha value is -2.92. The Labute approximate surface area is 150 Å². The fourth-order valence-corrected chi connectivity index (χ4v) is 3.39. The maximum absolute atomic E-state index is 12.6. The normalized spacial score (nSPS) is 10.3. The number of carbonyl (C=O) groups excluding carboxylic acids is 2. The highest BCUT2D eigenvalue weighted by Gasteiger charge is 2.20. The minimum atomic E-state index is -0.127. The Morgan fingerprint density at radius 3 is 1.36 bits per heavy atom. The number of para-hydroxylation sites is 2. The SMILES string of the molecule is CN(C(=O)c1ccc(C(=O)N(C)c2ccccc2)s1)c1ccccc1. The van der Waals surface area contributed by atoms with Crippen molar-refractivity contribution < 1.29 is 9.59 Å². The second-order valence-corrected chi connectivity index (χ2v) is 6.65. The second-order valence-electron chi connectivity index (χ2n) is 5.56. The predicted octanol–water partition coefficient (Wildman–Crippen LogP) is 4.30. The van der Waals surface area contributed by atoms with E-state index in [2.05, 4.69) is 0 Å². The van der Waals surface area contributed by atoms with Gasteiger partial charge in [0.15, 0.2) is 0 Å². The maximum atomic E-state index is 12.6. The van der Waals surface area contributed by atoms with Crippen molar-refractivity contribution in [2.24, 2.45) is 0 Å². The number of hydrogen-bond donors (Lipinski definition) is 0. The van der Waals surface area contributed by atoms with Gasteiger partial charge in [0.05, 0.1) is 9.75 Å². The van der Waals surface area contributed by atoms with Gasteiger partial charge in [-0.15, -0.1) is 11.3 Å². The molecular formula is C20H18N2O2S. The number of nitrogens with zero attached hydrogens (tertiary/aromatic N) is 2. The van der Waals surface area contributed by atoms with Gasteiger partial charge in [-0.3, -0.25) is 9.59 Å². The van der Waals surface area contributed by atoms with Gasteiger partial charge in [-0.05, 0) is 36.4 Å². The third-order valence-electron chi connectivity index (χ3n) is 3.92. The van der Waals surface area contributed by atoms with Gasteiger partial charge >= 0.3 is 0 Å². The highest BCUT2D eigenvalue weighted by Crippen LogP contribution is 2.24. The third kappa shape index (κ3) is 3.61. The summed E-state index contributed by atoms with van der Waals surface area (Å²) in [6.07, 6.45) is 0. The molecular weight excluding hydrogens is 332 g/mol. The van der Waals surface area contributed by atoms with Crippen LogP contribution in [0.2, 0.25) is 0 Å². The minimum Gasteiger partial charge on any atom is -0.311 e. The van der Waals surface area contributed by atoms with Gasteiger partial charge in [0.1, 0.15) is 0 Å². The number of thiophene rings is 1. The molecule has 3 rings (SSSR count). The molecule has 0 aliphatic carbocycles. The van der Waals surface area contributed by atoms with Crippen LogP contribution in [0.1, 0.15) is 19.3 Å². The van der Waals surface area contributed by atoms with Crippen LogP contribution in [0.15, 0.2) is 72.8 Å². The van der Waals surface area contributed by atoms with Gasteiger partial charge in [0.25, 0.3) is 11.8 Å². The molecule has 0 aliphatic rings. The van der Waals surface area contributed by atoms with E-state index in [0.29, 0.717) is 9.75 Å². The van der Waals surface area contributed by atoms with E-state index in [-0.39, 0.29) is 11.8 Å². The molecule has 2 aromatic carbocycles. The summed E-state index contributed by atoms with van der Waals surface area (Å²) < 4.78 is 0. The highest BCUT2D eigenvalue weighted by atomic mass is 32.1. The Balaban J connectivity index is 1.78. The van der Waals surface area contributed by atoms with Crippen LogP contribution in [-0.2, 0) is 0 Å². The van der Waals surface area contributed by atoms with Crippen LogP contribution in [0.5, 0.6) is 0 Å². The monoisotopic (exact) mass is 350 g/mol. The maximum Gasteiger partial charge on any atom is 0.268 e. The molecule has 0 aliphatic heterocycles. The molecule has 0 spiro atoms. The molecule has 126 valence electrons. The van der Waals surface area contributed by atoms with Gasteiger partial charge in [0.2, 0.25) is 0 Å². The molecule has 2 amide bonds. The first-order chi connectivity index (χ1) is 12.1. The minimum absolute atomic E-state index is 0.127. The van der Waals surface area contributed by atoms with E-state index in [1.54, 1.807) is 36.0 Å². The smallest absolute Gasteiger partial charge is 0.268 e. The van der Waals surface area contributed by atoms with Gasteiger partial charge in [-0.25, -0.2) is 0 Å². The summed E-state index contributed by atoms with van der Waals surface area (Å²) in [7, 11) is 3.46. The molecule has 0 fully saturated rings. The van der Waals surface area contributed by atoms with Crippen LogP contribution < -0.4 is 9.80 Å². The second kappa shape index (κ2) is 7.32. The summed E-state index contributed by atoms with van der Waals surface area (Å²) in [6, 6.07) is 22.3. The molecule has 1 aromatic heterocycles. The van der Waals surface area contributed by atoms with Crippen LogP contribution in [-0.4, -0.2) is 25.9 Å². The van der Waals surface area contributed by atoms with E-state index >= 15 is 0 Å². The zero-order valence-electron chi connectivity index (χ0n) is 14.0. The summed E-state index contributed by atoms with van der Waals surface area (Å²) in [6.45, 7) is 0. The molecule has 0 bridgehead atoms. The fraction of sp³-hybridized carbons (Fsp3) is 0.100. The first-order valence-electron chi connectivity index (χ1n) is 7.84. The van der Waals surface area contributed by atoms with Gasteiger partial charge < -0.3 is 9.80 Å². The van der Waals surface area contributed by atoms with E-state index in [0.717, 1.165) is 11.4 Å². The molecule has 0 saturated carbocycles. The van der Waals surface area contributed by atoms with Crippen molar-refractivity contribution in [1.29, 1.82) is 0 Å². The lowest BCUT2D eigenvalue weighted by atomic mass is 10.2. The van der Waals surface area contributed by atoms with Gasteiger partial charge in [0, 0.05) is 25.5 Å². The summed E-state index contributed by atoms with van der Waals surface area (Å²) in [4.78, 5) is 29.5. The Morgan fingerprint density at radius 1 is 0.640 bits per heavy atom. The van der Waals surface area contributed by atoms with Gasteiger partial charge in [-0.1, -0.05) is 36.4 Å². The van der Waals surface area contributed by atoms with E-state index in [4.69, 9.17) is 0 Å². The van der Waals surface area contributed by atoms with Crippen molar-refractivity contribution in [2.45, 2.75) is 0 Å². The first kappa shape index (κ1) is 16.9. The van der Waals surface area contributed by atoms with Gasteiger partial charge in [-0.2, -0.15) is 0 Å². The van der Waals surface area contributed by atoms with Crippen molar-refractivity contribution in [3.05, 3.63) is 82.6 Å². The Bertz CT molecular complexity index is 803. The summed E-state index contributed by atoms with van der Waals surface area (Å²) >= 11 is 1.21. The molecule has 0 radical (unpaired) electrons. The molecule has 0 saturated heterocycles. The molecule has 0 N–H and O–H groups in total. The summed E-state index contributed by atoms with van der Waals surface area (Å²) in [5.41, 5.74) is 1.63. The van der Waals surface area contributed by atoms with Crippen LogP contribution in [0, 0.1) is 0 Å². The van der Waals surface area contributed by atoms with E-state index in [1.807, 2.05) is 60.7 Å². The largest absolute Gasteiger partial charge is 0.311 e. The van der Waals surface area contributed by atoms with Crippen LogP contribution in [0.3, 0.4) is 0 Å². The van der Waals surface area contributed by atoms with E-state index < -0.39 is 0 Å². The molecule has 0 unspecified atom stereocenters.